The third-order valence-corrected chi connectivity index (χ3v) is 3.96. The third-order valence-electron chi connectivity index (χ3n) is 3.96. The van der Waals surface area contributed by atoms with Crippen molar-refractivity contribution in [1.82, 2.24) is 10.2 Å². The number of nitrogens with zero attached hydrogens (tertiary/aromatic N) is 2. The van der Waals surface area contributed by atoms with Crippen LogP contribution in [-0.4, -0.2) is 22.8 Å². The van der Waals surface area contributed by atoms with Gasteiger partial charge in [0.2, 0.25) is 12.0 Å². The summed E-state index contributed by atoms with van der Waals surface area (Å²) in [6.45, 7) is 2.36. The van der Waals surface area contributed by atoms with E-state index in [0.29, 0.717) is 5.56 Å². The molecule has 0 saturated heterocycles. The molecular weight excluding hydrogens is 349 g/mol. The van der Waals surface area contributed by atoms with Gasteiger partial charge in [-0.25, -0.2) is 4.39 Å². The van der Waals surface area contributed by atoms with Gasteiger partial charge in [-0.05, 0) is 36.2 Å². The fraction of sp³-hybridized carbons (Fsp3) is 0.250. The number of aryl methyl sites for hydroxylation is 1. The van der Waals surface area contributed by atoms with Gasteiger partial charge in [0.15, 0.2) is 0 Å². The first-order valence-electron chi connectivity index (χ1n) is 8.62. The largest absolute Gasteiger partial charge is 0.450 e. The normalized spacial score (nSPS) is 11.8. The maximum Gasteiger partial charge on any atom is 0.303 e. The quantitative estimate of drug-likeness (QED) is 0.613. The summed E-state index contributed by atoms with van der Waals surface area (Å²) in [5.74, 6) is -0.483. The number of rotatable bonds is 7. The molecule has 27 heavy (non-hydrogen) atoms. The van der Waals surface area contributed by atoms with Crippen LogP contribution in [-0.2, 0) is 16.0 Å². The van der Waals surface area contributed by atoms with Crippen LogP contribution in [0.3, 0.4) is 0 Å². The molecule has 1 atom stereocenters. The van der Waals surface area contributed by atoms with Crippen molar-refractivity contribution in [3.05, 3.63) is 60.0 Å². The highest BCUT2D eigenvalue weighted by molar-refractivity contribution is 5.76. The van der Waals surface area contributed by atoms with Crippen LogP contribution >= 0.6 is 0 Å². The molecule has 0 saturated carbocycles. The Bertz CT molecular complexity index is 909. The summed E-state index contributed by atoms with van der Waals surface area (Å²) >= 11 is 0. The van der Waals surface area contributed by atoms with Gasteiger partial charge < -0.3 is 14.5 Å². The second-order valence-corrected chi connectivity index (χ2v) is 5.92. The van der Waals surface area contributed by atoms with E-state index in [9.17, 15) is 9.18 Å². The molecule has 0 amide bonds. The molecule has 0 aliphatic carbocycles. The molecule has 1 unspecified atom stereocenters. The fourth-order valence-electron chi connectivity index (χ4n) is 2.58. The average Bonchev–Trinajstić information content (AvgIpc) is 3.17. The number of hydrogen-bond donors (Lipinski definition) is 1. The predicted octanol–water partition coefficient (Wildman–Crippen LogP) is 4.62. The predicted molar refractivity (Wildman–Crippen MR) is 99.3 cm³/mol. The van der Waals surface area contributed by atoms with Gasteiger partial charge in [-0.2, -0.15) is 0 Å². The number of esters is 1. The summed E-state index contributed by atoms with van der Waals surface area (Å²) in [6, 6.07) is 15.5. The minimum Gasteiger partial charge on any atom is -0.450 e. The van der Waals surface area contributed by atoms with Crippen molar-refractivity contribution in [1.29, 1.82) is 0 Å². The van der Waals surface area contributed by atoms with Gasteiger partial charge in [-0.3, -0.25) is 4.79 Å². The molecule has 7 heteroatoms. The van der Waals surface area contributed by atoms with Crippen molar-refractivity contribution in [2.24, 2.45) is 0 Å². The van der Waals surface area contributed by atoms with Gasteiger partial charge in [-0.15, -0.1) is 10.2 Å². The fourth-order valence-corrected chi connectivity index (χ4v) is 2.58. The first-order valence-corrected chi connectivity index (χ1v) is 8.62. The minimum atomic E-state index is -1.20. The van der Waals surface area contributed by atoms with Crippen molar-refractivity contribution in [3.8, 4) is 11.5 Å². The van der Waals surface area contributed by atoms with Crippen molar-refractivity contribution < 1.29 is 18.3 Å². The number of nitrogens with one attached hydrogen (secondary N) is 1. The smallest absolute Gasteiger partial charge is 0.303 e. The number of hydrogen-bond acceptors (Lipinski definition) is 6. The van der Waals surface area contributed by atoms with Crippen LogP contribution in [0.2, 0.25) is 0 Å². The van der Waals surface area contributed by atoms with Crippen LogP contribution in [0, 0.1) is 0 Å². The van der Waals surface area contributed by atoms with Crippen molar-refractivity contribution in [3.63, 3.8) is 0 Å². The Morgan fingerprint density at radius 3 is 2.59 bits per heavy atom. The number of para-hydroxylation sites is 1. The Morgan fingerprint density at radius 1 is 1.19 bits per heavy atom. The van der Waals surface area contributed by atoms with Gasteiger partial charge in [0.25, 0.3) is 5.89 Å². The van der Waals surface area contributed by atoms with Crippen LogP contribution in [0.4, 0.5) is 15.8 Å². The zero-order valence-electron chi connectivity index (χ0n) is 15.1. The summed E-state index contributed by atoms with van der Waals surface area (Å²) in [6.07, 6.45) is -0.231. The molecule has 0 aliphatic heterocycles. The summed E-state index contributed by atoms with van der Waals surface area (Å²) in [5.41, 5.74) is 3.59. The number of anilines is 2. The van der Waals surface area contributed by atoms with Gasteiger partial charge in [0, 0.05) is 12.6 Å². The standard InChI is InChI=1S/C20H20FN3O3/c1-3-14-8-10-15(11-9-14)22-17-7-5-4-6-16(17)19-23-24-20(27-19)18(12-21)26-13(2)25/h4-11,18,22H,3,12H2,1-2H3. The highest BCUT2D eigenvalue weighted by Crippen LogP contribution is 2.31. The minimum absolute atomic E-state index is 0.0789. The first kappa shape index (κ1) is 18.6. The molecule has 6 nitrogen and oxygen atoms in total. The monoisotopic (exact) mass is 369 g/mol. The average molecular weight is 369 g/mol. The van der Waals surface area contributed by atoms with Gasteiger partial charge in [0.05, 0.1) is 11.3 Å². The van der Waals surface area contributed by atoms with Crippen LogP contribution in [0.15, 0.2) is 52.9 Å². The molecule has 3 aromatic rings. The van der Waals surface area contributed by atoms with Crippen LogP contribution < -0.4 is 5.32 Å². The van der Waals surface area contributed by atoms with Crippen molar-refractivity contribution >= 4 is 17.3 Å². The lowest BCUT2D eigenvalue weighted by Gasteiger charge is -2.11. The van der Waals surface area contributed by atoms with Crippen LogP contribution in [0.1, 0.15) is 31.4 Å². The lowest BCUT2D eigenvalue weighted by Crippen LogP contribution is -2.10. The molecule has 0 radical (unpaired) electrons. The Balaban J connectivity index is 1.86. The number of benzene rings is 2. The number of ether oxygens (including phenoxy) is 1. The molecule has 1 N–H and O–H groups in total. The highest BCUT2D eigenvalue weighted by atomic mass is 19.1. The van der Waals surface area contributed by atoms with E-state index in [1.807, 2.05) is 36.4 Å². The van der Waals surface area contributed by atoms with E-state index in [1.54, 1.807) is 0 Å². The van der Waals surface area contributed by atoms with E-state index in [-0.39, 0.29) is 11.8 Å². The number of carbonyl (C=O) groups is 1. The van der Waals surface area contributed by atoms with Crippen LogP contribution in [0.25, 0.3) is 11.5 Å². The molecule has 0 bridgehead atoms. The molecule has 0 aliphatic rings. The highest BCUT2D eigenvalue weighted by Gasteiger charge is 2.23. The number of carbonyl (C=O) groups excluding carboxylic acids is 1. The van der Waals surface area contributed by atoms with E-state index < -0.39 is 18.7 Å². The third kappa shape index (κ3) is 4.49. The summed E-state index contributed by atoms with van der Waals surface area (Å²) in [5, 5.41) is 11.1. The van der Waals surface area contributed by atoms with Crippen molar-refractivity contribution in [2.45, 2.75) is 26.4 Å². The Labute approximate surface area is 156 Å². The van der Waals surface area contributed by atoms with E-state index in [4.69, 9.17) is 9.15 Å². The van der Waals surface area contributed by atoms with Gasteiger partial charge in [0.1, 0.15) is 6.67 Å². The van der Waals surface area contributed by atoms with Gasteiger partial charge >= 0.3 is 5.97 Å². The summed E-state index contributed by atoms with van der Waals surface area (Å²) < 4.78 is 23.5. The topological polar surface area (TPSA) is 77.3 Å². The van der Waals surface area contributed by atoms with Crippen molar-refractivity contribution in [2.75, 3.05) is 12.0 Å². The number of aromatic nitrogens is 2. The lowest BCUT2D eigenvalue weighted by atomic mass is 10.1. The zero-order chi connectivity index (χ0) is 19.2. The molecule has 2 aromatic carbocycles. The van der Waals surface area contributed by atoms with Gasteiger partial charge in [-0.1, -0.05) is 31.2 Å². The van der Waals surface area contributed by atoms with E-state index in [1.165, 1.54) is 12.5 Å². The molecule has 1 aromatic heterocycles. The first-order chi connectivity index (χ1) is 13.1. The SMILES string of the molecule is CCc1ccc(Nc2ccccc2-c2nnc(C(CF)OC(C)=O)o2)cc1. The number of alkyl halides is 1. The molecule has 1 heterocycles. The Kier molecular flexibility index (Phi) is 5.80. The number of halogens is 1. The van der Waals surface area contributed by atoms with E-state index in [2.05, 4.69) is 34.6 Å². The van der Waals surface area contributed by atoms with E-state index in [0.717, 1.165) is 17.8 Å². The molecule has 0 fully saturated rings. The second kappa shape index (κ2) is 8.44. The molecule has 140 valence electrons. The maximum absolute atomic E-state index is 13.1. The lowest BCUT2D eigenvalue weighted by molar-refractivity contribution is -0.148. The molecular formula is C20H20FN3O3. The molecule has 3 rings (SSSR count). The summed E-state index contributed by atoms with van der Waals surface area (Å²) in [7, 11) is 0. The van der Waals surface area contributed by atoms with Crippen LogP contribution in [0.5, 0.6) is 0 Å². The zero-order valence-corrected chi connectivity index (χ0v) is 15.1. The summed E-state index contributed by atoms with van der Waals surface area (Å²) in [4.78, 5) is 11.1. The van der Waals surface area contributed by atoms with E-state index >= 15 is 0 Å². The Hall–Kier alpha value is -3.22. The second-order valence-electron chi connectivity index (χ2n) is 5.92. The molecule has 0 spiro atoms. The Morgan fingerprint density at radius 2 is 1.93 bits per heavy atom. The maximum atomic E-state index is 13.1.